The molecule has 2 N–H and O–H groups in total. The van der Waals surface area contributed by atoms with Gasteiger partial charge in [0.25, 0.3) is 0 Å². The van der Waals surface area contributed by atoms with E-state index in [1.807, 2.05) is 0 Å². The van der Waals surface area contributed by atoms with Crippen molar-refractivity contribution in [2.75, 3.05) is 53.4 Å². The molecule has 0 atom stereocenters. The van der Waals surface area contributed by atoms with Gasteiger partial charge in [-0.25, -0.2) is 9.59 Å². The van der Waals surface area contributed by atoms with Crippen LogP contribution in [0, 0.1) is 0 Å². The van der Waals surface area contributed by atoms with Crippen LogP contribution < -0.4 is 10.2 Å². The summed E-state index contributed by atoms with van der Waals surface area (Å²) < 4.78 is 2.73. The maximum absolute atomic E-state index is 12.9. The summed E-state index contributed by atoms with van der Waals surface area (Å²) in [5.74, 6) is -4.07. The van der Waals surface area contributed by atoms with Gasteiger partial charge in [-0.1, -0.05) is 60.0 Å². The molecule has 2 heterocycles. The molecule has 4 aromatic carbocycles. The van der Waals surface area contributed by atoms with Gasteiger partial charge in [0.15, 0.2) is 0 Å². The maximum atomic E-state index is 12.9. The zero-order chi connectivity index (χ0) is 32.9. The molecule has 46 heavy (non-hydrogen) atoms. The van der Waals surface area contributed by atoms with Crippen LogP contribution in [0.5, 0.6) is 11.5 Å². The molecule has 8 heteroatoms. The highest BCUT2D eigenvalue weighted by Gasteiger charge is 2.27. The fourth-order valence-corrected chi connectivity index (χ4v) is 7.46. The summed E-state index contributed by atoms with van der Waals surface area (Å²) in [5.41, 5.74) is -0.453. The lowest BCUT2D eigenvalue weighted by Gasteiger charge is -2.30. The Hall–Kier alpha value is -4.14. The fourth-order valence-electron chi connectivity index (χ4n) is 7.46. The summed E-state index contributed by atoms with van der Waals surface area (Å²) in [6, 6.07) is 16.3. The van der Waals surface area contributed by atoms with Crippen molar-refractivity contribution in [2.24, 2.45) is 0 Å². The van der Waals surface area contributed by atoms with Crippen LogP contribution >= 0.6 is 0 Å². The molecule has 0 unspecified atom stereocenters. The van der Waals surface area contributed by atoms with E-state index in [1.54, 1.807) is 48.5 Å². The molecule has 2 fully saturated rings. The number of benzene rings is 4. The topological polar surface area (TPSA) is 121 Å². The minimum Gasteiger partial charge on any atom is -0.872 e. The van der Waals surface area contributed by atoms with E-state index in [0.29, 0.717) is 21.5 Å². The summed E-state index contributed by atoms with van der Waals surface area (Å²) in [6.07, 6.45) is 10.1. The van der Waals surface area contributed by atoms with Crippen molar-refractivity contribution >= 4 is 33.5 Å². The number of likely N-dealkylation sites (tertiary alicyclic amines) is 2. The molecule has 2 aliphatic rings. The van der Waals surface area contributed by atoms with Crippen LogP contribution in [0.1, 0.15) is 76.8 Å². The third kappa shape index (κ3) is 7.45. The Kier molecular flexibility index (Phi) is 10.2. The highest BCUT2D eigenvalue weighted by atomic mass is 16.4. The lowest BCUT2D eigenvalue weighted by atomic mass is 9.90. The lowest BCUT2D eigenvalue weighted by Crippen LogP contribution is -2.42. The predicted molar refractivity (Wildman–Crippen MR) is 177 cm³/mol. The smallest absolute Gasteiger partial charge is 0.335 e. The van der Waals surface area contributed by atoms with Crippen molar-refractivity contribution in [1.82, 2.24) is 0 Å². The van der Waals surface area contributed by atoms with Crippen molar-refractivity contribution in [3.63, 3.8) is 0 Å². The molecule has 0 bridgehead atoms. The molecule has 0 amide bonds. The molecule has 0 saturated carbocycles. The van der Waals surface area contributed by atoms with Gasteiger partial charge in [0.1, 0.15) is 0 Å². The molecule has 0 radical (unpaired) electrons. The van der Waals surface area contributed by atoms with E-state index >= 15 is 0 Å². The van der Waals surface area contributed by atoms with E-state index < -0.39 is 23.4 Å². The number of nitrogens with zero attached hydrogens (tertiary/aromatic N) is 2. The monoisotopic (exact) mass is 626 g/mol. The van der Waals surface area contributed by atoms with Crippen LogP contribution in [0.2, 0.25) is 0 Å². The molecule has 2 saturated heterocycles. The molecule has 4 aromatic rings. The molecule has 0 spiro atoms. The molecule has 8 nitrogen and oxygen atoms in total. The minimum atomic E-state index is -1.35. The number of unbranched alkanes of at least 4 members (excludes halogenated alkanes) is 2. The number of carboxylic acid groups (broad SMARTS) is 2. The number of hydrogen-bond donors (Lipinski definition) is 2. The van der Waals surface area contributed by atoms with Gasteiger partial charge in [-0.3, -0.25) is 0 Å². The van der Waals surface area contributed by atoms with Gasteiger partial charge >= 0.3 is 11.9 Å². The van der Waals surface area contributed by atoms with Crippen LogP contribution in [0.4, 0.5) is 0 Å². The molecular weight excluding hydrogens is 580 g/mol. The Morgan fingerprint density at radius 3 is 1.37 bits per heavy atom. The first-order valence-corrected chi connectivity index (χ1v) is 16.6. The summed E-state index contributed by atoms with van der Waals surface area (Å²) in [6.45, 7) is 8.62. The van der Waals surface area contributed by atoms with Crippen LogP contribution in [0.3, 0.4) is 0 Å². The van der Waals surface area contributed by atoms with E-state index in [4.69, 9.17) is 0 Å². The highest BCUT2D eigenvalue weighted by Crippen LogP contribution is 2.37. The van der Waals surface area contributed by atoms with Crippen molar-refractivity contribution in [2.45, 2.75) is 51.4 Å². The minimum absolute atomic E-state index is 0.158. The zero-order valence-corrected chi connectivity index (χ0v) is 27.1. The first kappa shape index (κ1) is 33.2. The number of carbonyl (C=O) groups is 2. The number of aromatic carboxylic acids is 2. The third-order valence-electron chi connectivity index (χ3n) is 10.2. The Morgan fingerprint density at radius 2 is 1.00 bits per heavy atom. The Labute approximate surface area is 271 Å². The second-order valence-corrected chi connectivity index (χ2v) is 13.7. The average molecular weight is 627 g/mol. The predicted octanol–water partition coefficient (Wildman–Crippen LogP) is 5.76. The van der Waals surface area contributed by atoms with Crippen molar-refractivity contribution in [1.29, 1.82) is 0 Å². The van der Waals surface area contributed by atoms with Crippen LogP contribution in [-0.4, -0.2) is 84.5 Å². The zero-order valence-electron chi connectivity index (χ0n) is 27.1. The van der Waals surface area contributed by atoms with E-state index in [-0.39, 0.29) is 28.7 Å². The van der Waals surface area contributed by atoms with Crippen LogP contribution in [-0.2, 0) is 6.42 Å². The molecule has 2 aliphatic heterocycles. The quantitative estimate of drug-likeness (QED) is 0.171. The van der Waals surface area contributed by atoms with E-state index in [2.05, 4.69) is 14.1 Å². The third-order valence-corrected chi connectivity index (χ3v) is 10.2. The average Bonchev–Trinajstić information content (AvgIpc) is 3.67. The second kappa shape index (κ2) is 14.1. The van der Waals surface area contributed by atoms with E-state index in [9.17, 15) is 30.0 Å². The van der Waals surface area contributed by atoms with Crippen molar-refractivity contribution in [3.8, 4) is 11.5 Å². The largest absolute Gasteiger partial charge is 0.872 e. The fraction of sp³-hybridized carbons (Fsp3) is 0.421. The summed E-state index contributed by atoms with van der Waals surface area (Å²) in [5, 5.41) is 46.8. The number of carboxylic acids is 2. The summed E-state index contributed by atoms with van der Waals surface area (Å²) in [4.78, 5) is 23.1. The molecule has 0 aliphatic carbocycles. The molecular formula is C38H46N2O6. The first-order valence-electron chi connectivity index (χ1n) is 16.6. The Balaban J connectivity index is 0.000000209. The Morgan fingerprint density at radius 1 is 0.630 bits per heavy atom. The van der Waals surface area contributed by atoms with E-state index in [0.717, 1.165) is 0 Å². The summed E-state index contributed by atoms with van der Waals surface area (Å²) in [7, 11) is 4.92. The van der Waals surface area contributed by atoms with Gasteiger partial charge in [0.2, 0.25) is 0 Å². The number of hydrogen-bond acceptors (Lipinski definition) is 4. The second-order valence-electron chi connectivity index (χ2n) is 13.7. The van der Waals surface area contributed by atoms with Gasteiger partial charge in [-0.2, -0.15) is 0 Å². The highest BCUT2D eigenvalue weighted by molar-refractivity contribution is 6.02. The first-order chi connectivity index (χ1) is 22.0. The van der Waals surface area contributed by atoms with Gasteiger partial charge in [0, 0.05) is 25.7 Å². The van der Waals surface area contributed by atoms with E-state index in [1.165, 1.54) is 105 Å². The van der Waals surface area contributed by atoms with Gasteiger partial charge in [0.05, 0.1) is 64.5 Å². The van der Waals surface area contributed by atoms with Crippen molar-refractivity contribution in [3.05, 3.63) is 82.9 Å². The lowest BCUT2D eigenvalue weighted by molar-refractivity contribution is -0.899. The van der Waals surface area contributed by atoms with Crippen molar-refractivity contribution < 1.29 is 39.0 Å². The summed E-state index contributed by atoms with van der Waals surface area (Å²) >= 11 is 0. The number of fused-ring (bicyclic) bond motifs is 2. The number of quaternary nitrogens is 2. The van der Waals surface area contributed by atoms with Crippen LogP contribution in [0.15, 0.2) is 60.7 Å². The van der Waals surface area contributed by atoms with Gasteiger partial charge in [-0.15, -0.1) is 0 Å². The molecule has 244 valence electrons. The maximum Gasteiger partial charge on any atom is 0.335 e. The van der Waals surface area contributed by atoms with Gasteiger partial charge in [-0.05, 0) is 70.5 Å². The molecule has 0 aromatic heterocycles. The SMILES string of the molecule is C[N+]1(CCCCC[N+]2(C)CCCC2)CCCC1.O=C(O)c1cc2ccccc2c(Cc2c([O-])c(C(=O)O)cc3ccccc23)c1[O-]. The standard InChI is InChI=1S/C23H16O6.C15H32N2/c24-20-16(14-7-3-1-5-12(14)9-18(20)22(26)27)11-17-15-8-4-2-6-13(15)10-19(21(17)25)23(28)29;1-16(12-6-7-13-16)10-4-3-5-11-17(2)14-8-9-15-17/h1-10,24-25H,11H2,(H,26,27)(H,28,29);3-15H2,1-2H3/q;+2/p-2. The Bertz CT molecular complexity index is 1590. The number of rotatable bonds is 10. The van der Waals surface area contributed by atoms with Crippen LogP contribution in [0.25, 0.3) is 21.5 Å². The molecule has 6 rings (SSSR count). The van der Waals surface area contributed by atoms with Gasteiger partial charge < -0.3 is 29.4 Å². The normalized spacial score (nSPS) is 16.7.